The second kappa shape index (κ2) is 7.88. The van der Waals surface area contributed by atoms with E-state index in [4.69, 9.17) is 4.74 Å². The molecule has 0 N–H and O–H groups in total. The highest BCUT2D eigenvalue weighted by Gasteiger charge is 2.23. The number of hydrogen-bond acceptors (Lipinski definition) is 3. The SMILES string of the molecule is CCOC(=O)[C@@H](CN(CC)CC)c1ccccc1. The third-order valence-electron chi connectivity index (χ3n) is 3.11. The molecule has 3 heteroatoms. The summed E-state index contributed by atoms with van der Waals surface area (Å²) in [5, 5.41) is 0. The maximum Gasteiger partial charge on any atom is 0.314 e. The third-order valence-corrected chi connectivity index (χ3v) is 3.11. The number of ether oxygens (including phenoxy) is 1. The van der Waals surface area contributed by atoms with Gasteiger partial charge < -0.3 is 9.64 Å². The van der Waals surface area contributed by atoms with E-state index in [2.05, 4.69) is 18.7 Å². The molecule has 1 aromatic rings. The number of benzene rings is 1. The van der Waals surface area contributed by atoms with Gasteiger partial charge in [-0.15, -0.1) is 0 Å². The Morgan fingerprint density at radius 2 is 1.78 bits per heavy atom. The van der Waals surface area contributed by atoms with Gasteiger partial charge in [0.25, 0.3) is 0 Å². The lowest BCUT2D eigenvalue weighted by Crippen LogP contribution is -2.32. The quantitative estimate of drug-likeness (QED) is 0.696. The number of rotatable bonds is 7. The highest BCUT2D eigenvalue weighted by molar-refractivity contribution is 5.78. The molecule has 0 saturated heterocycles. The van der Waals surface area contributed by atoms with Crippen molar-refractivity contribution in [2.75, 3.05) is 26.2 Å². The van der Waals surface area contributed by atoms with Gasteiger partial charge in [0.05, 0.1) is 12.5 Å². The van der Waals surface area contributed by atoms with E-state index in [-0.39, 0.29) is 11.9 Å². The van der Waals surface area contributed by atoms with Crippen molar-refractivity contribution in [3.63, 3.8) is 0 Å². The van der Waals surface area contributed by atoms with Gasteiger partial charge in [0.15, 0.2) is 0 Å². The lowest BCUT2D eigenvalue weighted by Gasteiger charge is -2.24. The Kier molecular flexibility index (Phi) is 6.44. The molecule has 0 spiro atoms. The van der Waals surface area contributed by atoms with Crippen molar-refractivity contribution < 1.29 is 9.53 Å². The van der Waals surface area contributed by atoms with E-state index in [1.54, 1.807) is 0 Å². The fourth-order valence-electron chi connectivity index (χ4n) is 1.98. The minimum atomic E-state index is -0.189. The molecule has 0 amide bonds. The molecule has 1 aromatic carbocycles. The van der Waals surface area contributed by atoms with Crippen LogP contribution in [0.3, 0.4) is 0 Å². The lowest BCUT2D eigenvalue weighted by molar-refractivity contribution is -0.145. The summed E-state index contributed by atoms with van der Waals surface area (Å²) in [4.78, 5) is 14.3. The van der Waals surface area contributed by atoms with Crippen LogP contribution in [0.5, 0.6) is 0 Å². The number of likely N-dealkylation sites (N-methyl/N-ethyl adjacent to an activating group) is 1. The molecule has 0 heterocycles. The van der Waals surface area contributed by atoms with Gasteiger partial charge in [-0.25, -0.2) is 0 Å². The first-order valence-corrected chi connectivity index (χ1v) is 6.66. The van der Waals surface area contributed by atoms with Crippen LogP contribution in [0.2, 0.25) is 0 Å². The summed E-state index contributed by atoms with van der Waals surface area (Å²) < 4.78 is 5.18. The molecular formula is C15H23NO2. The Morgan fingerprint density at radius 3 is 2.28 bits per heavy atom. The van der Waals surface area contributed by atoms with Crippen LogP contribution < -0.4 is 0 Å². The van der Waals surface area contributed by atoms with Gasteiger partial charge in [-0.05, 0) is 25.6 Å². The van der Waals surface area contributed by atoms with Gasteiger partial charge in [0.2, 0.25) is 0 Å². The molecule has 0 aliphatic carbocycles. The molecule has 100 valence electrons. The highest BCUT2D eigenvalue weighted by Crippen LogP contribution is 2.18. The Labute approximate surface area is 110 Å². The molecule has 0 unspecified atom stereocenters. The van der Waals surface area contributed by atoms with Crippen LogP contribution in [0.15, 0.2) is 30.3 Å². The first kappa shape index (κ1) is 14.7. The van der Waals surface area contributed by atoms with E-state index < -0.39 is 0 Å². The largest absolute Gasteiger partial charge is 0.465 e. The van der Waals surface area contributed by atoms with E-state index in [1.807, 2.05) is 37.3 Å². The van der Waals surface area contributed by atoms with Crippen LogP contribution in [0.4, 0.5) is 0 Å². The van der Waals surface area contributed by atoms with Crippen molar-refractivity contribution in [3.05, 3.63) is 35.9 Å². The summed E-state index contributed by atoms with van der Waals surface area (Å²) in [5.74, 6) is -0.318. The Morgan fingerprint density at radius 1 is 1.17 bits per heavy atom. The molecule has 0 saturated carbocycles. The normalized spacial score (nSPS) is 12.4. The molecule has 18 heavy (non-hydrogen) atoms. The van der Waals surface area contributed by atoms with Crippen molar-refractivity contribution in [2.45, 2.75) is 26.7 Å². The first-order chi connectivity index (χ1) is 8.72. The fourth-order valence-corrected chi connectivity index (χ4v) is 1.98. The zero-order valence-corrected chi connectivity index (χ0v) is 11.6. The van der Waals surface area contributed by atoms with Crippen LogP contribution in [0.25, 0.3) is 0 Å². The first-order valence-electron chi connectivity index (χ1n) is 6.66. The van der Waals surface area contributed by atoms with Crippen molar-refractivity contribution >= 4 is 5.97 Å². The molecule has 0 fully saturated rings. The average Bonchev–Trinajstić information content (AvgIpc) is 2.41. The van der Waals surface area contributed by atoms with Crippen LogP contribution >= 0.6 is 0 Å². The van der Waals surface area contributed by atoms with Crippen LogP contribution in [-0.2, 0) is 9.53 Å². The van der Waals surface area contributed by atoms with Crippen molar-refractivity contribution in [1.82, 2.24) is 4.90 Å². The summed E-state index contributed by atoms with van der Waals surface area (Å²) in [6, 6.07) is 9.87. The molecule has 1 rings (SSSR count). The van der Waals surface area contributed by atoms with Gasteiger partial charge in [0, 0.05) is 6.54 Å². The molecular weight excluding hydrogens is 226 g/mol. The van der Waals surface area contributed by atoms with Gasteiger partial charge in [-0.1, -0.05) is 44.2 Å². The summed E-state index contributed by atoms with van der Waals surface area (Å²) in [5.41, 5.74) is 1.03. The number of esters is 1. The smallest absolute Gasteiger partial charge is 0.314 e. The molecule has 0 bridgehead atoms. The molecule has 1 atom stereocenters. The van der Waals surface area contributed by atoms with Gasteiger partial charge in [-0.3, -0.25) is 4.79 Å². The molecule has 0 aliphatic rings. The van der Waals surface area contributed by atoms with Crippen molar-refractivity contribution in [3.8, 4) is 0 Å². The minimum Gasteiger partial charge on any atom is -0.465 e. The highest BCUT2D eigenvalue weighted by atomic mass is 16.5. The van der Waals surface area contributed by atoms with Gasteiger partial charge in [0.1, 0.15) is 0 Å². The Hall–Kier alpha value is -1.35. The number of hydrogen-bond donors (Lipinski definition) is 0. The monoisotopic (exact) mass is 249 g/mol. The van der Waals surface area contributed by atoms with Crippen molar-refractivity contribution in [2.24, 2.45) is 0 Å². The predicted molar refractivity (Wildman–Crippen MR) is 73.6 cm³/mol. The van der Waals surface area contributed by atoms with E-state index in [9.17, 15) is 4.79 Å². The summed E-state index contributed by atoms with van der Waals surface area (Å²) in [6.07, 6.45) is 0. The minimum absolute atomic E-state index is 0.129. The van der Waals surface area contributed by atoms with Crippen LogP contribution in [-0.4, -0.2) is 37.1 Å². The second-order valence-electron chi connectivity index (χ2n) is 4.20. The Balaban J connectivity index is 2.85. The maximum absolute atomic E-state index is 12.1. The van der Waals surface area contributed by atoms with Crippen LogP contribution in [0.1, 0.15) is 32.3 Å². The molecule has 3 nitrogen and oxygen atoms in total. The molecule has 0 aromatic heterocycles. The summed E-state index contributed by atoms with van der Waals surface area (Å²) in [6.45, 7) is 9.10. The van der Waals surface area contributed by atoms with E-state index >= 15 is 0 Å². The van der Waals surface area contributed by atoms with Gasteiger partial charge in [-0.2, -0.15) is 0 Å². The zero-order valence-electron chi connectivity index (χ0n) is 11.6. The van der Waals surface area contributed by atoms with E-state index in [1.165, 1.54) is 0 Å². The molecule has 0 radical (unpaired) electrons. The zero-order chi connectivity index (χ0) is 13.4. The predicted octanol–water partition coefficient (Wildman–Crippen LogP) is 2.68. The van der Waals surface area contributed by atoms with E-state index in [0.717, 1.165) is 25.2 Å². The third kappa shape index (κ3) is 4.15. The second-order valence-corrected chi connectivity index (χ2v) is 4.20. The number of carbonyl (C=O) groups excluding carboxylic acids is 1. The standard InChI is InChI=1S/C15H23NO2/c1-4-16(5-2)12-14(15(17)18-6-3)13-10-8-7-9-11-13/h7-11,14H,4-6,12H2,1-3H3/t14-/m0/s1. The number of nitrogens with zero attached hydrogens (tertiary/aromatic N) is 1. The van der Waals surface area contributed by atoms with Crippen molar-refractivity contribution in [1.29, 1.82) is 0 Å². The fraction of sp³-hybridized carbons (Fsp3) is 0.533. The van der Waals surface area contributed by atoms with E-state index in [0.29, 0.717) is 6.61 Å². The van der Waals surface area contributed by atoms with Gasteiger partial charge >= 0.3 is 5.97 Å². The number of carbonyl (C=O) groups is 1. The average molecular weight is 249 g/mol. The Bertz CT molecular complexity index is 347. The summed E-state index contributed by atoms with van der Waals surface area (Å²) in [7, 11) is 0. The topological polar surface area (TPSA) is 29.5 Å². The maximum atomic E-state index is 12.1. The summed E-state index contributed by atoms with van der Waals surface area (Å²) >= 11 is 0. The molecule has 0 aliphatic heterocycles. The lowest BCUT2D eigenvalue weighted by atomic mass is 9.98. The van der Waals surface area contributed by atoms with Crippen LogP contribution in [0, 0.1) is 0 Å².